The number of nitrogens with zero attached hydrogens (tertiary/aromatic N) is 1. The van der Waals surface area contributed by atoms with Crippen LogP contribution in [0.2, 0.25) is 0 Å². The van der Waals surface area contributed by atoms with Crippen LogP contribution < -0.4 is 5.32 Å². The zero-order chi connectivity index (χ0) is 16.2. The van der Waals surface area contributed by atoms with Gasteiger partial charge in [0, 0.05) is 23.4 Å². The van der Waals surface area contributed by atoms with Crippen LogP contribution in [-0.4, -0.2) is 35.3 Å². The van der Waals surface area contributed by atoms with Crippen molar-refractivity contribution in [1.82, 2.24) is 10.3 Å². The second kappa shape index (κ2) is 7.53. The van der Waals surface area contributed by atoms with Crippen molar-refractivity contribution in [3.8, 4) is 0 Å². The molecule has 1 amide bonds. The van der Waals surface area contributed by atoms with Gasteiger partial charge in [0.25, 0.3) is 0 Å². The summed E-state index contributed by atoms with van der Waals surface area (Å²) in [4.78, 5) is 16.7. The monoisotopic (exact) mass is 326 g/mol. The molecular weight excluding hydrogens is 300 g/mol. The van der Waals surface area contributed by atoms with Gasteiger partial charge in [-0.3, -0.25) is 4.79 Å². The number of hydrogen-bond donors (Lipinski definition) is 2. The molecule has 1 aliphatic carbocycles. The van der Waals surface area contributed by atoms with Gasteiger partial charge in [0.15, 0.2) is 0 Å². The normalized spacial score (nSPS) is 26.1. The molecular formula is C16H26N2O3S. The number of carbonyl (C=O) groups is 1. The Labute approximate surface area is 136 Å². The number of aliphatic hydroxyl groups is 1. The highest BCUT2D eigenvalue weighted by atomic mass is 32.1. The van der Waals surface area contributed by atoms with Crippen LogP contribution in [0.4, 0.5) is 0 Å². The maximum absolute atomic E-state index is 12.2. The summed E-state index contributed by atoms with van der Waals surface area (Å²) in [6.07, 6.45) is 3.20. The van der Waals surface area contributed by atoms with Crippen LogP contribution in [-0.2, 0) is 16.0 Å². The highest BCUT2D eigenvalue weighted by Crippen LogP contribution is 2.37. The number of nitrogens with one attached hydrogen (secondary N) is 1. The summed E-state index contributed by atoms with van der Waals surface area (Å²) in [5, 5.41) is 15.4. The molecule has 1 aromatic heterocycles. The Balaban J connectivity index is 1.90. The molecule has 1 heterocycles. The molecule has 2 N–H and O–H groups in total. The summed E-state index contributed by atoms with van der Waals surface area (Å²) >= 11 is 1.53. The summed E-state index contributed by atoms with van der Waals surface area (Å²) in [7, 11) is 0. The summed E-state index contributed by atoms with van der Waals surface area (Å²) in [5.74, 6) is -0.0208. The van der Waals surface area contributed by atoms with E-state index in [1.807, 2.05) is 26.2 Å². The maximum atomic E-state index is 12.2. The van der Waals surface area contributed by atoms with Crippen LogP contribution >= 0.6 is 11.3 Å². The standard InChI is InChI=1S/C16H26N2O3S/c1-4-21-11(2)15-17-12(9-22-15)8-14(20)18-13-6-5-7-16(13,3)10-19/h9,11,13,19H,4-8,10H2,1-3H3,(H,18,20). The fourth-order valence-corrected chi connectivity index (χ4v) is 3.81. The predicted molar refractivity (Wildman–Crippen MR) is 86.8 cm³/mol. The lowest BCUT2D eigenvalue weighted by Crippen LogP contribution is -2.45. The van der Waals surface area contributed by atoms with Gasteiger partial charge in [0.05, 0.1) is 18.7 Å². The summed E-state index contributed by atoms with van der Waals surface area (Å²) in [6, 6.07) is 0.0606. The fourth-order valence-electron chi connectivity index (χ4n) is 2.99. The molecule has 1 aromatic rings. The topological polar surface area (TPSA) is 71.5 Å². The number of hydrogen-bond acceptors (Lipinski definition) is 5. The van der Waals surface area contributed by atoms with Gasteiger partial charge in [-0.15, -0.1) is 11.3 Å². The van der Waals surface area contributed by atoms with E-state index >= 15 is 0 Å². The molecule has 0 spiro atoms. The van der Waals surface area contributed by atoms with Crippen molar-refractivity contribution in [2.45, 2.75) is 58.6 Å². The Kier molecular flexibility index (Phi) is 5.94. The second-order valence-electron chi connectivity index (χ2n) is 6.28. The highest BCUT2D eigenvalue weighted by molar-refractivity contribution is 7.09. The van der Waals surface area contributed by atoms with E-state index in [1.165, 1.54) is 11.3 Å². The zero-order valence-electron chi connectivity index (χ0n) is 13.6. The molecule has 0 radical (unpaired) electrons. The van der Waals surface area contributed by atoms with Crippen molar-refractivity contribution in [3.63, 3.8) is 0 Å². The predicted octanol–water partition coefficient (Wildman–Crippen LogP) is 2.45. The molecule has 0 aromatic carbocycles. The molecule has 6 heteroatoms. The molecule has 22 heavy (non-hydrogen) atoms. The van der Waals surface area contributed by atoms with Crippen LogP contribution in [0.1, 0.15) is 56.8 Å². The van der Waals surface area contributed by atoms with Gasteiger partial charge >= 0.3 is 0 Å². The van der Waals surface area contributed by atoms with Gasteiger partial charge in [0.1, 0.15) is 11.1 Å². The van der Waals surface area contributed by atoms with E-state index in [1.54, 1.807) is 0 Å². The molecule has 0 bridgehead atoms. The summed E-state index contributed by atoms with van der Waals surface area (Å²) < 4.78 is 5.52. The third-order valence-corrected chi connectivity index (χ3v) is 5.51. The van der Waals surface area contributed by atoms with E-state index in [0.717, 1.165) is 30.0 Å². The SMILES string of the molecule is CCOC(C)c1nc(CC(=O)NC2CCCC2(C)CO)cs1. The minimum atomic E-state index is -0.188. The molecule has 3 atom stereocenters. The molecule has 1 fully saturated rings. The molecule has 124 valence electrons. The number of aliphatic hydroxyl groups excluding tert-OH is 1. The summed E-state index contributed by atoms with van der Waals surface area (Å²) in [6.45, 7) is 6.73. The minimum absolute atomic E-state index is 0.0208. The first-order valence-corrected chi connectivity index (χ1v) is 8.82. The third kappa shape index (κ3) is 4.06. The van der Waals surface area contributed by atoms with E-state index in [9.17, 15) is 9.90 Å². The van der Waals surface area contributed by atoms with Crippen molar-refractivity contribution < 1.29 is 14.6 Å². The van der Waals surface area contributed by atoms with E-state index in [2.05, 4.69) is 10.3 Å². The first-order chi connectivity index (χ1) is 10.5. The van der Waals surface area contributed by atoms with Crippen molar-refractivity contribution in [2.24, 2.45) is 5.41 Å². The lowest BCUT2D eigenvalue weighted by molar-refractivity contribution is -0.122. The average molecular weight is 326 g/mol. The quantitative estimate of drug-likeness (QED) is 0.807. The van der Waals surface area contributed by atoms with Crippen molar-refractivity contribution in [3.05, 3.63) is 16.1 Å². The second-order valence-corrected chi connectivity index (χ2v) is 7.17. The highest BCUT2D eigenvalue weighted by Gasteiger charge is 2.39. The Bertz CT molecular complexity index is 505. The third-order valence-electron chi connectivity index (χ3n) is 4.45. The number of ether oxygens (including phenoxy) is 1. The zero-order valence-corrected chi connectivity index (χ0v) is 14.4. The van der Waals surface area contributed by atoms with Crippen LogP contribution in [0.15, 0.2) is 5.38 Å². The van der Waals surface area contributed by atoms with Crippen molar-refractivity contribution >= 4 is 17.2 Å². The number of rotatable bonds is 7. The van der Waals surface area contributed by atoms with E-state index in [4.69, 9.17) is 4.74 Å². The number of aromatic nitrogens is 1. The number of amides is 1. The van der Waals surface area contributed by atoms with E-state index < -0.39 is 0 Å². The molecule has 3 unspecified atom stereocenters. The molecule has 5 nitrogen and oxygen atoms in total. The van der Waals surface area contributed by atoms with Gasteiger partial charge in [-0.2, -0.15) is 0 Å². The van der Waals surface area contributed by atoms with Gasteiger partial charge in [-0.1, -0.05) is 13.3 Å². The van der Waals surface area contributed by atoms with Crippen molar-refractivity contribution in [2.75, 3.05) is 13.2 Å². The molecule has 0 saturated heterocycles. The lowest BCUT2D eigenvalue weighted by Gasteiger charge is -2.30. The van der Waals surface area contributed by atoms with Crippen LogP contribution in [0.25, 0.3) is 0 Å². The van der Waals surface area contributed by atoms with Crippen LogP contribution in [0.3, 0.4) is 0 Å². The number of thiazole rings is 1. The Morgan fingerprint density at radius 3 is 3.14 bits per heavy atom. The first-order valence-electron chi connectivity index (χ1n) is 7.94. The van der Waals surface area contributed by atoms with Crippen molar-refractivity contribution in [1.29, 1.82) is 0 Å². The van der Waals surface area contributed by atoms with Gasteiger partial charge in [0.2, 0.25) is 5.91 Å². The van der Waals surface area contributed by atoms with Crippen LogP contribution in [0.5, 0.6) is 0 Å². The van der Waals surface area contributed by atoms with Gasteiger partial charge < -0.3 is 15.2 Å². The Hall–Kier alpha value is -0.980. The smallest absolute Gasteiger partial charge is 0.226 e. The molecule has 0 aliphatic heterocycles. The molecule has 2 rings (SSSR count). The Morgan fingerprint density at radius 1 is 1.68 bits per heavy atom. The summed E-state index contributed by atoms with van der Waals surface area (Å²) in [5.41, 5.74) is 0.597. The first kappa shape index (κ1) is 17.4. The lowest BCUT2D eigenvalue weighted by atomic mass is 9.86. The van der Waals surface area contributed by atoms with Crippen LogP contribution in [0, 0.1) is 5.41 Å². The minimum Gasteiger partial charge on any atom is -0.396 e. The average Bonchev–Trinajstić information content (AvgIpc) is 3.08. The maximum Gasteiger partial charge on any atom is 0.226 e. The van der Waals surface area contributed by atoms with E-state index in [0.29, 0.717) is 6.61 Å². The van der Waals surface area contributed by atoms with Gasteiger partial charge in [-0.25, -0.2) is 4.98 Å². The van der Waals surface area contributed by atoms with E-state index in [-0.39, 0.29) is 36.5 Å². The fraction of sp³-hybridized carbons (Fsp3) is 0.750. The molecule has 1 saturated carbocycles. The molecule has 1 aliphatic rings. The largest absolute Gasteiger partial charge is 0.396 e. The number of carbonyl (C=O) groups excluding carboxylic acids is 1. The van der Waals surface area contributed by atoms with Gasteiger partial charge in [-0.05, 0) is 26.7 Å². The Morgan fingerprint density at radius 2 is 2.45 bits per heavy atom.